The van der Waals surface area contributed by atoms with Crippen LogP contribution in [0.3, 0.4) is 0 Å². The van der Waals surface area contributed by atoms with Gasteiger partial charge in [-0.1, -0.05) is 71.4 Å². The number of thiophene rings is 1. The molecule has 5 aromatic rings. The summed E-state index contributed by atoms with van der Waals surface area (Å²) in [7, 11) is 0. The lowest BCUT2D eigenvalue weighted by Gasteiger charge is -2.09. The van der Waals surface area contributed by atoms with Crippen molar-refractivity contribution in [2.45, 2.75) is 38.2 Å². The molecule has 0 aliphatic heterocycles. The van der Waals surface area contributed by atoms with Crippen LogP contribution >= 0.6 is 46.0 Å². The molecule has 0 bridgehead atoms. The zero-order valence-electron chi connectivity index (χ0n) is 19.1. The Balaban J connectivity index is 1.40. The van der Waals surface area contributed by atoms with Crippen LogP contribution < -0.4 is 0 Å². The van der Waals surface area contributed by atoms with E-state index in [4.69, 9.17) is 16.6 Å². The summed E-state index contributed by atoms with van der Waals surface area (Å²) in [5.41, 5.74) is 6.85. The third kappa shape index (κ3) is 4.58. The number of hydrogen-bond donors (Lipinski definition) is 0. The third-order valence-corrected chi connectivity index (χ3v) is 8.76. The van der Waals surface area contributed by atoms with E-state index in [0.717, 1.165) is 50.1 Å². The van der Waals surface area contributed by atoms with Crippen molar-refractivity contribution < 1.29 is 0 Å². The van der Waals surface area contributed by atoms with Crippen LogP contribution in [0.1, 0.15) is 23.1 Å². The van der Waals surface area contributed by atoms with Crippen LogP contribution in [0.4, 0.5) is 0 Å². The molecule has 0 spiro atoms. The Morgan fingerprint density at radius 1 is 0.941 bits per heavy atom. The zero-order chi connectivity index (χ0) is 23.7. The van der Waals surface area contributed by atoms with Crippen molar-refractivity contribution in [1.82, 2.24) is 19.7 Å². The van der Waals surface area contributed by atoms with E-state index in [1.807, 2.05) is 24.3 Å². The number of thioether (sulfide) groups is 1. The molecule has 34 heavy (non-hydrogen) atoms. The number of nitrogens with zero attached hydrogens (tertiary/aromatic N) is 4. The summed E-state index contributed by atoms with van der Waals surface area (Å²) in [6, 6.07) is 16.5. The molecule has 0 aliphatic rings. The fourth-order valence-electron chi connectivity index (χ4n) is 3.85. The third-order valence-electron chi connectivity index (χ3n) is 5.59. The van der Waals surface area contributed by atoms with Gasteiger partial charge in [0, 0.05) is 44.6 Å². The second-order valence-corrected chi connectivity index (χ2v) is 11.2. The quantitative estimate of drug-likeness (QED) is 0.201. The second kappa shape index (κ2) is 10.0. The molecule has 0 saturated heterocycles. The Bertz CT molecular complexity index is 1430. The maximum Gasteiger partial charge on any atom is 0.191 e. The Morgan fingerprint density at radius 3 is 2.50 bits per heavy atom. The summed E-state index contributed by atoms with van der Waals surface area (Å²) in [4.78, 5) is 6.08. The van der Waals surface area contributed by atoms with E-state index in [1.165, 1.54) is 21.6 Å². The van der Waals surface area contributed by atoms with Gasteiger partial charge in [0.05, 0.1) is 10.7 Å². The highest BCUT2D eigenvalue weighted by Crippen LogP contribution is 2.39. The largest absolute Gasteiger partial charge is 0.302 e. The van der Waals surface area contributed by atoms with Gasteiger partial charge < -0.3 is 4.57 Å². The fraction of sp³-hybridized carbons (Fsp3) is 0.192. The van der Waals surface area contributed by atoms with Gasteiger partial charge in [-0.05, 0) is 32.4 Å². The summed E-state index contributed by atoms with van der Waals surface area (Å²) in [5, 5.41) is 16.0. The molecule has 0 atom stereocenters. The number of aryl methyl sites for hydroxylation is 2. The fourth-order valence-corrected chi connectivity index (χ4v) is 6.85. The van der Waals surface area contributed by atoms with Gasteiger partial charge in [-0.2, -0.15) is 0 Å². The van der Waals surface area contributed by atoms with Gasteiger partial charge in [-0.3, -0.25) is 0 Å². The first-order valence-electron chi connectivity index (χ1n) is 11.0. The Morgan fingerprint density at radius 2 is 1.74 bits per heavy atom. The zero-order valence-corrected chi connectivity index (χ0v) is 22.3. The highest BCUT2D eigenvalue weighted by molar-refractivity contribution is 7.98. The van der Waals surface area contributed by atoms with Gasteiger partial charge in [0.1, 0.15) is 5.01 Å². The highest BCUT2D eigenvalue weighted by atomic mass is 35.5. The molecule has 3 aromatic heterocycles. The van der Waals surface area contributed by atoms with Crippen LogP contribution in [0.15, 0.2) is 64.4 Å². The van der Waals surface area contributed by atoms with Crippen molar-refractivity contribution in [3.8, 4) is 33.1 Å². The van der Waals surface area contributed by atoms with Crippen LogP contribution in [-0.4, -0.2) is 19.7 Å². The molecule has 5 rings (SSSR count). The summed E-state index contributed by atoms with van der Waals surface area (Å²) in [6.45, 7) is 7.22. The lowest BCUT2D eigenvalue weighted by molar-refractivity contribution is 0.687. The number of halogens is 1. The average molecular weight is 523 g/mol. The minimum Gasteiger partial charge on any atom is -0.302 e. The lowest BCUT2D eigenvalue weighted by Crippen LogP contribution is -2.00. The minimum atomic E-state index is 0.724. The average Bonchev–Trinajstić information content (AvgIpc) is 3.56. The number of aromatic nitrogens is 4. The van der Waals surface area contributed by atoms with E-state index in [-0.39, 0.29) is 0 Å². The highest BCUT2D eigenvalue weighted by Gasteiger charge is 2.20. The molecule has 0 aliphatic carbocycles. The molecule has 0 radical (unpaired) electrons. The number of benzene rings is 2. The van der Waals surface area contributed by atoms with E-state index >= 15 is 0 Å². The van der Waals surface area contributed by atoms with Gasteiger partial charge in [-0.25, -0.2) is 4.98 Å². The van der Waals surface area contributed by atoms with Gasteiger partial charge in [0.2, 0.25) is 0 Å². The van der Waals surface area contributed by atoms with E-state index in [0.29, 0.717) is 0 Å². The van der Waals surface area contributed by atoms with Crippen LogP contribution in [0.5, 0.6) is 0 Å². The SMILES string of the molecule is CCn1c(SCc2csc(-c3ccccc3Cl)n2)nnc1-c1csc(C)c1-c1ccc(C)cc1. The molecule has 2 aromatic carbocycles. The molecular formula is C26H23ClN4S3. The maximum absolute atomic E-state index is 6.35. The molecule has 4 nitrogen and oxygen atoms in total. The van der Waals surface area contributed by atoms with Gasteiger partial charge >= 0.3 is 0 Å². The molecule has 172 valence electrons. The summed E-state index contributed by atoms with van der Waals surface area (Å²) in [5.74, 6) is 1.65. The number of hydrogen-bond acceptors (Lipinski definition) is 6. The summed E-state index contributed by atoms with van der Waals surface area (Å²) in [6.07, 6.45) is 0. The van der Waals surface area contributed by atoms with Crippen molar-refractivity contribution in [2.75, 3.05) is 0 Å². The first-order chi connectivity index (χ1) is 16.5. The minimum absolute atomic E-state index is 0.724. The van der Waals surface area contributed by atoms with Gasteiger partial charge in [-0.15, -0.1) is 32.9 Å². The van der Waals surface area contributed by atoms with Crippen molar-refractivity contribution in [3.05, 3.63) is 80.4 Å². The van der Waals surface area contributed by atoms with E-state index < -0.39 is 0 Å². The second-order valence-electron chi connectivity index (χ2n) is 7.91. The monoisotopic (exact) mass is 522 g/mol. The molecule has 8 heteroatoms. The van der Waals surface area contributed by atoms with Crippen molar-refractivity contribution >= 4 is 46.0 Å². The van der Waals surface area contributed by atoms with Crippen molar-refractivity contribution in [1.29, 1.82) is 0 Å². The van der Waals surface area contributed by atoms with Crippen molar-refractivity contribution in [2.24, 2.45) is 0 Å². The summed E-state index contributed by atoms with van der Waals surface area (Å²) < 4.78 is 2.20. The number of thiazole rings is 1. The van der Waals surface area contributed by atoms with Crippen LogP contribution in [0.25, 0.3) is 33.1 Å². The van der Waals surface area contributed by atoms with Gasteiger partial charge in [0.15, 0.2) is 11.0 Å². The van der Waals surface area contributed by atoms with Crippen molar-refractivity contribution in [3.63, 3.8) is 0 Å². The first kappa shape index (κ1) is 23.3. The molecular weight excluding hydrogens is 500 g/mol. The molecule has 0 fully saturated rings. The Hall–Kier alpha value is -2.45. The lowest BCUT2D eigenvalue weighted by atomic mass is 10.0. The predicted molar refractivity (Wildman–Crippen MR) is 146 cm³/mol. The van der Waals surface area contributed by atoms with E-state index in [9.17, 15) is 0 Å². The first-order valence-corrected chi connectivity index (χ1v) is 14.1. The molecule has 0 unspecified atom stereocenters. The van der Waals surface area contributed by atoms with E-state index in [2.05, 4.69) is 70.6 Å². The smallest absolute Gasteiger partial charge is 0.191 e. The topological polar surface area (TPSA) is 43.6 Å². The Labute approximate surface area is 216 Å². The molecule has 3 heterocycles. The van der Waals surface area contributed by atoms with Crippen LogP contribution in [-0.2, 0) is 12.3 Å². The van der Waals surface area contributed by atoms with E-state index in [1.54, 1.807) is 34.4 Å². The maximum atomic E-state index is 6.35. The van der Waals surface area contributed by atoms with Crippen LogP contribution in [0, 0.1) is 13.8 Å². The van der Waals surface area contributed by atoms with Gasteiger partial charge in [0.25, 0.3) is 0 Å². The van der Waals surface area contributed by atoms with Crippen LogP contribution in [0.2, 0.25) is 5.02 Å². The summed E-state index contributed by atoms with van der Waals surface area (Å²) >= 11 is 11.4. The Kier molecular flexibility index (Phi) is 6.88. The molecule has 0 N–H and O–H groups in total. The predicted octanol–water partition coefficient (Wildman–Crippen LogP) is 8.38. The number of rotatable bonds is 7. The molecule has 0 amide bonds. The standard InChI is InChI=1S/C26H23ClN4S3/c1-4-31-24(21-15-32-17(3)23(21)18-11-9-16(2)10-12-18)29-30-26(31)34-14-19-13-33-25(28-19)20-7-5-6-8-22(20)27/h5-13,15H,4,14H2,1-3H3. The normalized spacial score (nSPS) is 11.3. The molecule has 0 saturated carbocycles.